The van der Waals surface area contributed by atoms with Crippen LogP contribution in [0.1, 0.15) is 18.4 Å². The zero-order valence-corrected chi connectivity index (χ0v) is 15.5. The molecule has 0 aromatic heterocycles. The van der Waals surface area contributed by atoms with Gasteiger partial charge in [0.2, 0.25) is 0 Å². The highest BCUT2D eigenvalue weighted by atomic mass is 35.5. The number of ether oxygens (including phenoxy) is 2. The maximum absolute atomic E-state index is 6.33. The first kappa shape index (κ1) is 19.6. The van der Waals surface area contributed by atoms with Crippen molar-refractivity contribution in [2.45, 2.75) is 18.9 Å². The van der Waals surface area contributed by atoms with Gasteiger partial charge in [-0.1, -0.05) is 30.3 Å². The average Bonchev–Trinajstić information content (AvgIpc) is 2.98. The van der Waals surface area contributed by atoms with E-state index in [9.17, 15) is 0 Å². The van der Waals surface area contributed by atoms with Gasteiger partial charge in [0.15, 0.2) is 0 Å². The zero-order chi connectivity index (χ0) is 16.8. The molecule has 2 atom stereocenters. The number of nitrogens with two attached hydrogens (primary N) is 1. The Morgan fingerprint density at radius 2 is 1.60 bits per heavy atom. The molecule has 0 radical (unpaired) electrons. The van der Waals surface area contributed by atoms with Crippen LogP contribution >= 0.6 is 12.4 Å². The zero-order valence-electron chi connectivity index (χ0n) is 14.6. The Morgan fingerprint density at radius 1 is 0.960 bits per heavy atom. The fourth-order valence-corrected chi connectivity index (χ4v) is 3.24. The van der Waals surface area contributed by atoms with Gasteiger partial charge in [-0.05, 0) is 36.8 Å². The summed E-state index contributed by atoms with van der Waals surface area (Å²) in [6.45, 7) is 6.14. The molecule has 1 fully saturated rings. The molecule has 0 bridgehead atoms. The number of likely N-dealkylation sites (tertiary alicyclic amines) is 1. The van der Waals surface area contributed by atoms with Crippen molar-refractivity contribution in [1.82, 2.24) is 4.90 Å². The molecule has 0 aliphatic carbocycles. The smallest absolute Gasteiger partial charge is 0.119 e. The van der Waals surface area contributed by atoms with E-state index >= 15 is 0 Å². The van der Waals surface area contributed by atoms with E-state index in [2.05, 4.69) is 29.2 Å². The summed E-state index contributed by atoms with van der Waals surface area (Å²) in [5.74, 6) is 2.17. The van der Waals surface area contributed by atoms with Crippen molar-refractivity contribution in [3.8, 4) is 11.5 Å². The van der Waals surface area contributed by atoms with Gasteiger partial charge in [-0.2, -0.15) is 0 Å². The molecule has 4 nitrogen and oxygen atoms in total. The van der Waals surface area contributed by atoms with Gasteiger partial charge in [0.05, 0.1) is 6.61 Å². The Labute approximate surface area is 156 Å². The fraction of sp³-hybridized carbons (Fsp3) is 0.400. The third kappa shape index (κ3) is 5.36. The molecule has 2 aromatic carbocycles. The number of hydrogen-bond donors (Lipinski definition) is 1. The van der Waals surface area contributed by atoms with Gasteiger partial charge in [0, 0.05) is 31.6 Å². The molecule has 2 N–H and O–H groups in total. The first-order chi connectivity index (χ1) is 11.8. The van der Waals surface area contributed by atoms with Gasteiger partial charge in [0.1, 0.15) is 18.1 Å². The molecule has 5 heteroatoms. The third-order valence-corrected chi connectivity index (χ3v) is 4.48. The second kappa shape index (κ2) is 9.66. The van der Waals surface area contributed by atoms with E-state index in [1.165, 1.54) is 5.56 Å². The summed E-state index contributed by atoms with van der Waals surface area (Å²) in [7, 11) is 0. The van der Waals surface area contributed by atoms with Crippen LogP contribution in [0.15, 0.2) is 54.6 Å². The first-order valence-electron chi connectivity index (χ1n) is 8.65. The van der Waals surface area contributed by atoms with Gasteiger partial charge in [0.25, 0.3) is 0 Å². The summed E-state index contributed by atoms with van der Waals surface area (Å²) in [5, 5.41) is 0. The average molecular weight is 363 g/mol. The number of rotatable bonds is 7. The lowest BCUT2D eigenvalue weighted by molar-refractivity contribution is 0.234. The normalized spacial score (nSPS) is 20.1. The molecule has 1 aliphatic rings. The number of benzene rings is 2. The summed E-state index contributed by atoms with van der Waals surface area (Å²) in [5.41, 5.74) is 7.67. The molecule has 0 spiro atoms. The molecule has 1 heterocycles. The molecule has 0 saturated carbocycles. The Kier molecular flexibility index (Phi) is 7.56. The quantitative estimate of drug-likeness (QED) is 0.820. The molecule has 3 rings (SSSR count). The number of nitrogens with zero attached hydrogens (tertiary/aromatic N) is 1. The van der Waals surface area contributed by atoms with Crippen molar-refractivity contribution < 1.29 is 9.47 Å². The molecular weight excluding hydrogens is 336 g/mol. The standard InChI is InChI=1S/C20H26N2O2.ClH/c1-2-23-17-8-10-18(11-9-17)24-13-12-22-14-19(20(21)15-22)16-6-4-3-5-7-16;/h3-11,19-20H,2,12-15,21H2,1H3;1H/t19-,20+;/m0./s1. The van der Waals surface area contributed by atoms with E-state index in [0.717, 1.165) is 31.1 Å². The van der Waals surface area contributed by atoms with Crippen molar-refractivity contribution in [3.05, 3.63) is 60.2 Å². The number of hydrogen-bond acceptors (Lipinski definition) is 4. The van der Waals surface area contributed by atoms with Gasteiger partial charge in [-0.15, -0.1) is 12.4 Å². The minimum absolute atomic E-state index is 0. The van der Waals surface area contributed by atoms with Gasteiger partial charge in [-0.3, -0.25) is 4.90 Å². The molecule has 1 saturated heterocycles. The lowest BCUT2D eigenvalue weighted by Gasteiger charge is -2.16. The van der Waals surface area contributed by atoms with Crippen molar-refractivity contribution in [2.24, 2.45) is 5.73 Å². The summed E-state index contributed by atoms with van der Waals surface area (Å²) < 4.78 is 11.3. The SMILES string of the molecule is CCOc1ccc(OCCN2C[C@@H](N)[C@H](c3ccccc3)C2)cc1.Cl. The van der Waals surface area contributed by atoms with Gasteiger partial charge >= 0.3 is 0 Å². The van der Waals surface area contributed by atoms with E-state index in [0.29, 0.717) is 19.1 Å². The van der Waals surface area contributed by atoms with Crippen LogP contribution in [0.25, 0.3) is 0 Å². The summed E-state index contributed by atoms with van der Waals surface area (Å²) in [6, 6.07) is 18.5. The van der Waals surface area contributed by atoms with E-state index in [-0.39, 0.29) is 18.4 Å². The highest BCUT2D eigenvalue weighted by Gasteiger charge is 2.30. The highest BCUT2D eigenvalue weighted by molar-refractivity contribution is 5.85. The second-order valence-electron chi connectivity index (χ2n) is 6.19. The van der Waals surface area contributed by atoms with Crippen molar-refractivity contribution in [2.75, 3.05) is 32.8 Å². The molecule has 2 aromatic rings. The van der Waals surface area contributed by atoms with Crippen molar-refractivity contribution in [3.63, 3.8) is 0 Å². The van der Waals surface area contributed by atoms with Crippen LogP contribution in [-0.2, 0) is 0 Å². The molecule has 0 unspecified atom stereocenters. The van der Waals surface area contributed by atoms with E-state index < -0.39 is 0 Å². The van der Waals surface area contributed by atoms with Crippen molar-refractivity contribution in [1.29, 1.82) is 0 Å². The fourth-order valence-electron chi connectivity index (χ4n) is 3.24. The Balaban J connectivity index is 0.00000225. The molecule has 1 aliphatic heterocycles. The Hall–Kier alpha value is -1.75. The van der Waals surface area contributed by atoms with Gasteiger partial charge < -0.3 is 15.2 Å². The largest absolute Gasteiger partial charge is 0.494 e. The lowest BCUT2D eigenvalue weighted by atomic mass is 9.95. The van der Waals surface area contributed by atoms with Crippen molar-refractivity contribution >= 4 is 12.4 Å². The lowest BCUT2D eigenvalue weighted by Crippen LogP contribution is -2.30. The molecular formula is C20H27ClN2O2. The molecule has 25 heavy (non-hydrogen) atoms. The maximum atomic E-state index is 6.33. The topological polar surface area (TPSA) is 47.7 Å². The Morgan fingerprint density at radius 3 is 2.24 bits per heavy atom. The van der Waals surface area contributed by atoms with Gasteiger partial charge in [-0.25, -0.2) is 0 Å². The van der Waals surface area contributed by atoms with Crippen LogP contribution in [-0.4, -0.2) is 43.8 Å². The maximum Gasteiger partial charge on any atom is 0.119 e. The van der Waals surface area contributed by atoms with Crippen LogP contribution in [0.5, 0.6) is 11.5 Å². The minimum atomic E-state index is 0. The summed E-state index contributed by atoms with van der Waals surface area (Å²) in [4.78, 5) is 2.39. The van der Waals surface area contributed by atoms with E-state index in [1.54, 1.807) is 0 Å². The summed E-state index contributed by atoms with van der Waals surface area (Å²) in [6.07, 6.45) is 0. The predicted octanol–water partition coefficient (Wildman–Crippen LogP) is 3.31. The van der Waals surface area contributed by atoms with Crippen LogP contribution in [0.3, 0.4) is 0 Å². The van der Waals surface area contributed by atoms with E-state index in [1.807, 2.05) is 37.3 Å². The van der Waals surface area contributed by atoms with Crippen LogP contribution < -0.4 is 15.2 Å². The predicted molar refractivity (Wildman–Crippen MR) is 104 cm³/mol. The first-order valence-corrected chi connectivity index (χ1v) is 8.65. The second-order valence-corrected chi connectivity index (χ2v) is 6.19. The van der Waals surface area contributed by atoms with Crippen LogP contribution in [0, 0.1) is 0 Å². The monoisotopic (exact) mass is 362 g/mol. The Bertz CT molecular complexity index is 621. The third-order valence-electron chi connectivity index (χ3n) is 4.48. The van der Waals surface area contributed by atoms with Crippen LogP contribution in [0.2, 0.25) is 0 Å². The number of halogens is 1. The summed E-state index contributed by atoms with van der Waals surface area (Å²) >= 11 is 0. The highest BCUT2D eigenvalue weighted by Crippen LogP contribution is 2.26. The van der Waals surface area contributed by atoms with E-state index in [4.69, 9.17) is 15.2 Å². The minimum Gasteiger partial charge on any atom is -0.494 e. The molecule has 0 amide bonds. The molecule has 136 valence electrons. The van der Waals surface area contributed by atoms with Crippen LogP contribution in [0.4, 0.5) is 0 Å².